The number of halogens is 1. The third kappa shape index (κ3) is 2.86. The van der Waals surface area contributed by atoms with Gasteiger partial charge in [-0.15, -0.1) is 11.8 Å². The maximum Gasteiger partial charge on any atom is 0.326 e. The normalized spacial score (nSPS) is 30.1. The van der Waals surface area contributed by atoms with Crippen LogP contribution >= 0.6 is 23.1 Å². The number of esters is 1. The number of hydrogen-bond donors (Lipinski definition) is 0. The van der Waals surface area contributed by atoms with Crippen LogP contribution in [-0.4, -0.2) is 22.4 Å². The molecule has 1 aliphatic heterocycles. The van der Waals surface area contributed by atoms with E-state index in [9.17, 15) is 14.0 Å². The molecule has 0 unspecified atom stereocenters. The van der Waals surface area contributed by atoms with E-state index in [0.29, 0.717) is 29.6 Å². The van der Waals surface area contributed by atoms with E-state index in [0.717, 1.165) is 15.5 Å². The molecule has 5 atom stereocenters. The van der Waals surface area contributed by atoms with Crippen LogP contribution in [0.2, 0.25) is 0 Å². The average Bonchev–Trinajstić information content (AvgIpc) is 3.36. The number of benzene rings is 1. The van der Waals surface area contributed by atoms with Crippen molar-refractivity contribution in [3.05, 3.63) is 50.2 Å². The first-order valence-corrected chi connectivity index (χ1v) is 11.6. The third-order valence-corrected chi connectivity index (χ3v) is 9.34. The number of ether oxygens (including phenoxy) is 1. The van der Waals surface area contributed by atoms with Gasteiger partial charge in [-0.1, -0.05) is 23.5 Å². The highest BCUT2D eigenvalue weighted by atomic mass is 32.2. The minimum Gasteiger partial charge on any atom is -0.465 e. The van der Waals surface area contributed by atoms with Crippen LogP contribution in [0.25, 0.3) is 0 Å². The lowest BCUT2D eigenvalue weighted by molar-refractivity contribution is -0.144. The minimum atomic E-state index is -0.376. The Morgan fingerprint density at radius 2 is 2.00 bits per heavy atom. The molecule has 0 saturated heterocycles. The van der Waals surface area contributed by atoms with Crippen LogP contribution in [0.4, 0.5) is 4.39 Å². The van der Waals surface area contributed by atoms with E-state index in [1.54, 1.807) is 23.3 Å². The molecule has 0 spiro atoms. The second kappa shape index (κ2) is 7.02. The molecule has 2 fully saturated rings. The number of nitrogens with zero attached hydrogens (tertiary/aromatic N) is 1. The van der Waals surface area contributed by atoms with Crippen molar-refractivity contribution in [3.63, 3.8) is 0 Å². The molecule has 0 radical (unpaired) electrons. The van der Waals surface area contributed by atoms with Crippen molar-refractivity contribution in [2.45, 2.75) is 48.9 Å². The van der Waals surface area contributed by atoms with E-state index in [1.165, 1.54) is 42.7 Å². The van der Waals surface area contributed by atoms with Gasteiger partial charge in [0.25, 0.3) is 0 Å². The molecule has 1 aromatic heterocycles. The summed E-state index contributed by atoms with van der Waals surface area (Å²) in [5.41, 5.74) is 1.08. The molecular formula is C21H22FNO3S2. The molecule has 2 saturated carbocycles. The van der Waals surface area contributed by atoms with E-state index < -0.39 is 0 Å². The highest BCUT2D eigenvalue weighted by Gasteiger charge is 2.55. The maximum absolute atomic E-state index is 13.5. The SMILES string of the molecule is CCOC(=O)Cn1c2c(sc1=O)[C@@H](c1ccc(F)cc1)[C@@H]1[C@H]3CC[C@@H](C3)[C@H]1S2. The summed E-state index contributed by atoms with van der Waals surface area (Å²) >= 11 is 3.04. The summed E-state index contributed by atoms with van der Waals surface area (Å²) in [5, 5.41) is 1.38. The summed E-state index contributed by atoms with van der Waals surface area (Å²) in [4.78, 5) is 25.8. The number of rotatable bonds is 4. The topological polar surface area (TPSA) is 48.3 Å². The number of hydrogen-bond acceptors (Lipinski definition) is 5. The van der Waals surface area contributed by atoms with Crippen LogP contribution in [0, 0.1) is 23.6 Å². The number of carbonyl (C=O) groups is 1. The zero-order valence-corrected chi connectivity index (χ0v) is 17.2. The summed E-state index contributed by atoms with van der Waals surface area (Å²) in [6.07, 6.45) is 3.74. The first kappa shape index (κ1) is 18.4. The molecule has 148 valence electrons. The summed E-state index contributed by atoms with van der Waals surface area (Å²) < 4.78 is 20.2. The van der Waals surface area contributed by atoms with E-state index in [1.807, 2.05) is 12.1 Å². The van der Waals surface area contributed by atoms with Gasteiger partial charge in [0.15, 0.2) is 0 Å². The Labute approximate surface area is 171 Å². The number of aromatic nitrogens is 1. The van der Waals surface area contributed by atoms with Gasteiger partial charge >= 0.3 is 10.8 Å². The Morgan fingerprint density at radius 3 is 2.75 bits per heavy atom. The smallest absolute Gasteiger partial charge is 0.326 e. The average molecular weight is 420 g/mol. The van der Waals surface area contributed by atoms with Crippen molar-refractivity contribution in [1.82, 2.24) is 4.57 Å². The van der Waals surface area contributed by atoms with Crippen LogP contribution in [0.15, 0.2) is 34.1 Å². The molecule has 28 heavy (non-hydrogen) atoms. The standard InChI is InChI=1S/C21H22FNO3S2/c1-2-26-15(24)10-23-20-19(28-21(23)25)16(11-5-7-14(22)8-6-11)17-12-3-4-13(9-12)18(17)27-20/h5-8,12-13,16-18H,2-4,9-10H2,1H3/t12-,13-,16-,17-,18+/m0/s1. The molecular weight excluding hydrogens is 397 g/mol. The summed E-state index contributed by atoms with van der Waals surface area (Å²) in [6, 6.07) is 6.75. The number of fused-ring (bicyclic) bond motifs is 6. The Balaban J connectivity index is 1.61. The zero-order valence-electron chi connectivity index (χ0n) is 15.6. The first-order valence-electron chi connectivity index (χ1n) is 9.88. The van der Waals surface area contributed by atoms with Crippen molar-refractivity contribution in [2.24, 2.45) is 17.8 Å². The second-order valence-electron chi connectivity index (χ2n) is 7.95. The van der Waals surface area contributed by atoms with E-state index in [-0.39, 0.29) is 29.1 Å². The molecule has 2 bridgehead atoms. The van der Waals surface area contributed by atoms with Gasteiger partial charge in [-0.3, -0.25) is 14.2 Å². The fourth-order valence-electron chi connectivity index (χ4n) is 5.47. The number of thiazole rings is 1. The van der Waals surface area contributed by atoms with Gasteiger partial charge in [0.1, 0.15) is 12.4 Å². The van der Waals surface area contributed by atoms with Crippen LogP contribution in [0.3, 0.4) is 0 Å². The highest BCUT2D eigenvalue weighted by molar-refractivity contribution is 8.00. The molecule has 0 N–H and O–H groups in total. The fraction of sp³-hybridized carbons (Fsp3) is 0.524. The van der Waals surface area contributed by atoms with Gasteiger partial charge in [-0.2, -0.15) is 0 Å². The fourth-order valence-corrected chi connectivity index (χ4v) is 8.62. The summed E-state index contributed by atoms with van der Waals surface area (Å²) in [6.45, 7) is 2.04. The molecule has 0 amide bonds. The number of carbonyl (C=O) groups excluding carboxylic acids is 1. The van der Waals surface area contributed by atoms with Gasteiger partial charge in [-0.25, -0.2) is 4.39 Å². The van der Waals surface area contributed by atoms with Crippen molar-refractivity contribution in [3.8, 4) is 0 Å². The molecule has 3 aliphatic rings. The maximum atomic E-state index is 13.5. The molecule has 7 heteroatoms. The predicted octanol–water partition coefficient (Wildman–Crippen LogP) is 4.26. The second-order valence-corrected chi connectivity index (χ2v) is 10.1. The largest absolute Gasteiger partial charge is 0.465 e. The molecule has 1 aromatic carbocycles. The summed E-state index contributed by atoms with van der Waals surface area (Å²) in [7, 11) is 0. The van der Waals surface area contributed by atoms with Crippen LogP contribution in [-0.2, 0) is 16.1 Å². The summed E-state index contributed by atoms with van der Waals surface area (Å²) in [5.74, 6) is 1.31. The first-order chi connectivity index (χ1) is 13.6. The quantitative estimate of drug-likeness (QED) is 0.695. The van der Waals surface area contributed by atoms with E-state index >= 15 is 0 Å². The van der Waals surface area contributed by atoms with E-state index in [4.69, 9.17) is 4.74 Å². The lowest BCUT2D eigenvalue weighted by Crippen LogP contribution is -2.34. The predicted molar refractivity (Wildman–Crippen MR) is 107 cm³/mol. The van der Waals surface area contributed by atoms with E-state index in [2.05, 4.69) is 0 Å². The monoisotopic (exact) mass is 419 g/mol. The Hall–Kier alpha value is -1.60. The minimum absolute atomic E-state index is 0.0346. The van der Waals surface area contributed by atoms with Crippen molar-refractivity contribution < 1.29 is 13.9 Å². The lowest BCUT2D eigenvalue weighted by atomic mass is 9.75. The van der Waals surface area contributed by atoms with Gasteiger partial charge in [0, 0.05) is 16.0 Å². The van der Waals surface area contributed by atoms with Gasteiger partial charge < -0.3 is 4.74 Å². The molecule has 5 rings (SSSR count). The van der Waals surface area contributed by atoms with Crippen LogP contribution in [0.5, 0.6) is 0 Å². The Kier molecular flexibility index (Phi) is 4.62. The van der Waals surface area contributed by atoms with Gasteiger partial charge in [-0.05, 0) is 61.6 Å². The molecule has 2 aliphatic carbocycles. The third-order valence-electron chi connectivity index (χ3n) is 6.51. The highest BCUT2D eigenvalue weighted by Crippen LogP contribution is 2.63. The lowest BCUT2D eigenvalue weighted by Gasteiger charge is -2.40. The van der Waals surface area contributed by atoms with Crippen molar-refractivity contribution >= 4 is 29.1 Å². The zero-order chi connectivity index (χ0) is 19.4. The van der Waals surface area contributed by atoms with Gasteiger partial charge in [0.2, 0.25) is 0 Å². The van der Waals surface area contributed by atoms with Gasteiger partial charge in [0.05, 0.1) is 11.6 Å². The van der Waals surface area contributed by atoms with Crippen LogP contribution in [0.1, 0.15) is 42.5 Å². The Bertz CT molecular complexity index is 967. The molecule has 2 heterocycles. The van der Waals surface area contributed by atoms with Crippen molar-refractivity contribution in [2.75, 3.05) is 6.61 Å². The Morgan fingerprint density at radius 1 is 1.25 bits per heavy atom. The number of thioether (sulfide) groups is 1. The molecule has 2 aromatic rings. The van der Waals surface area contributed by atoms with Crippen molar-refractivity contribution in [1.29, 1.82) is 0 Å². The van der Waals surface area contributed by atoms with Crippen LogP contribution < -0.4 is 4.87 Å². The molecule has 4 nitrogen and oxygen atoms in total.